The molecule has 21 heavy (non-hydrogen) atoms. The van der Waals surface area contributed by atoms with E-state index >= 15 is 0 Å². The molecule has 0 radical (unpaired) electrons. The molecule has 0 aromatic heterocycles. The molecular formula is C16H25N3O2. The summed E-state index contributed by atoms with van der Waals surface area (Å²) in [5.41, 5.74) is 7.92. The maximum Gasteiger partial charge on any atom is 0.272 e. The molecule has 2 N–H and O–H groups in total. The van der Waals surface area contributed by atoms with Gasteiger partial charge in [0.15, 0.2) is 0 Å². The van der Waals surface area contributed by atoms with E-state index in [9.17, 15) is 10.1 Å². The molecule has 1 aromatic rings. The van der Waals surface area contributed by atoms with Crippen molar-refractivity contribution in [2.45, 2.75) is 45.6 Å². The maximum atomic E-state index is 10.9. The molecule has 5 heteroatoms. The van der Waals surface area contributed by atoms with Gasteiger partial charge in [0.25, 0.3) is 5.69 Å². The lowest BCUT2D eigenvalue weighted by Crippen LogP contribution is -2.45. The van der Waals surface area contributed by atoms with Crippen molar-refractivity contribution in [3.63, 3.8) is 0 Å². The van der Waals surface area contributed by atoms with E-state index in [4.69, 9.17) is 5.73 Å². The lowest BCUT2D eigenvalue weighted by molar-refractivity contribution is -0.385. The molecule has 2 unspecified atom stereocenters. The van der Waals surface area contributed by atoms with Gasteiger partial charge in [-0.1, -0.05) is 12.8 Å². The Kier molecular flexibility index (Phi) is 5.17. The number of hydrogen-bond donors (Lipinski definition) is 1. The minimum Gasteiger partial charge on any atom is -0.368 e. The minimum absolute atomic E-state index is 0.189. The van der Waals surface area contributed by atoms with E-state index in [2.05, 4.69) is 11.8 Å². The van der Waals surface area contributed by atoms with Crippen molar-refractivity contribution < 1.29 is 4.92 Å². The van der Waals surface area contributed by atoms with E-state index in [-0.39, 0.29) is 10.6 Å². The summed E-state index contributed by atoms with van der Waals surface area (Å²) in [4.78, 5) is 13.0. The second kappa shape index (κ2) is 6.89. The zero-order valence-corrected chi connectivity index (χ0v) is 12.9. The Morgan fingerprint density at radius 1 is 1.38 bits per heavy atom. The fourth-order valence-electron chi connectivity index (χ4n) is 3.51. The first-order valence-corrected chi connectivity index (χ1v) is 7.80. The van der Waals surface area contributed by atoms with Gasteiger partial charge in [-0.3, -0.25) is 10.1 Å². The highest BCUT2D eigenvalue weighted by Crippen LogP contribution is 2.33. The van der Waals surface area contributed by atoms with Crippen LogP contribution in [0.3, 0.4) is 0 Å². The average Bonchev–Trinajstić information content (AvgIpc) is 2.48. The summed E-state index contributed by atoms with van der Waals surface area (Å²) in [6.07, 6.45) is 4.84. The Bertz CT molecular complexity index is 504. The molecule has 0 amide bonds. The van der Waals surface area contributed by atoms with Crippen molar-refractivity contribution in [3.8, 4) is 0 Å². The summed E-state index contributed by atoms with van der Waals surface area (Å²) < 4.78 is 0. The van der Waals surface area contributed by atoms with Crippen LogP contribution in [0.15, 0.2) is 18.2 Å². The van der Waals surface area contributed by atoms with Crippen LogP contribution >= 0.6 is 0 Å². The Labute approximate surface area is 126 Å². The average molecular weight is 291 g/mol. The second-order valence-corrected chi connectivity index (χ2v) is 5.86. The molecule has 1 aliphatic rings. The van der Waals surface area contributed by atoms with Crippen molar-refractivity contribution in [1.82, 2.24) is 0 Å². The number of nitro groups is 1. The molecule has 1 aliphatic carbocycles. The number of nitrogens with zero attached hydrogens (tertiary/aromatic N) is 2. The summed E-state index contributed by atoms with van der Waals surface area (Å²) in [6, 6.07) is 5.88. The van der Waals surface area contributed by atoms with E-state index in [1.165, 1.54) is 19.3 Å². The molecule has 1 aromatic carbocycles. The highest BCUT2D eigenvalue weighted by Gasteiger charge is 2.29. The molecule has 0 heterocycles. The number of anilines is 1. The number of rotatable bonds is 5. The van der Waals surface area contributed by atoms with Gasteiger partial charge in [-0.15, -0.1) is 0 Å². The first-order valence-electron chi connectivity index (χ1n) is 7.80. The van der Waals surface area contributed by atoms with Crippen LogP contribution in [0, 0.1) is 23.0 Å². The molecular weight excluding hydrogens is 266 g/mol. The van der Waals surface area contributed by atoms with Crippen LogP contribution in [0.1, 0.15) is 38.2 Å². The third-order valence-corrected chi connectivity index (χ3v) is 4.62. The van der Waals surface area contributed by atoms with Crippen LogP contribution in [0.2, 0.25) is 0 Å². The lowest BCUT2D eigenvalue weighted by Gasteiger charge is -2.40. The fourth-order valence-corrected chi connectivity index (χ4v) is 3.51. The van der Waals surface area contributed by atoms with Crippen LogP contribution in [0.25, 0.3) is 0 Å². The van der Waals surface area contributed by atoms with Gasteiger partial charge in [0.1, 0.15) is 0 Å². The standard InChI is InChI=1S/C16H25N3O2/c1-3-18(16-7-5-4-6-13(16)11-17)14-8-9-15(19(20)21)12(2)10-14/h8-10,13,16H,3-7,11,17H2,1-2H3. The molecule has 116 valence electrons. The first-order chi connectivity index (χ1) is 10.1. The predicted molar refractivity (Wildman–Crippen MR) is 85.7 cm³/mol. The Hall–Kier alpha value is -1.62. The molecule has 2 atom stereocenters. The number of nitro benzene ring substituents is 1. The third kappa shape index (κ3) is 3.35. The number of benzene rings is 1. The third-order valence-electron chi connectivity index (χ3n) is 4.62. The monoisotopic (exact) mass is 291 g/mol. The van der Waals surface area contributed by atoms with Crippen LogP contribution in [-0.4, -0.2) is 24.1 Å². The molecule has 1 saturated carbocycles. The smallest absolute Gasteiger partial charge is 0.272 e. The van der Waals surface area contributed by atoms with E-state index in [1.807, 2.05) is 12.1 Å². The van der Waals surface area contributed by atoms with Gasteiger partial charge < -0.3 is 10.6 Å². The van der Waals surface area contributed by atoms with Gasteiger partial charge in [0.2, 0.25) is 0 Å². The summed E-state index contributed by atoms with van der Waals surface area (Å²) in [5.74, 6) is 0.522. The van der Waals surface area contributed by atoms with E-state index in [0.717, 1.165) is 24.2 Å². The summed E-state index contributed by atoms with van der Waals surface area (Å²) in [5, 5.41) is 10.9. The molecule has 2 rings (SSSR count). The van der Waals surface area contributed by atoms with Crippen LogP contribution in [-0.2, 0) is 0 Å². The SMILES string of the molecule is CCN(c1ccc([N+](=O)[O-])c(C)c1)C1CCCCC1CN. The van der Waals surface area contributed by atoms with Crippen LogP contribution in [0.4, 0.5) is 11.4 Å². The topological polar surface area (TPSA) is 72.4 Å². The second-order valence-electron chi connectivity index (χ2n) is 5.86. The van der Waals surface area contributed by atoms with Crippen LogP contribution < -0.4 is 10.6 Å². The van der Waals surface area contributed by atoms with Gasteiger partial charge in [-0.05, 0) is 51.3 Å². The first kappa shape index (κ1) is 15.8. The van der Waals surface area contributed by atoms with Gasteiger partial charge in [0, 0.05) is 29.9 Å². The molecule has 0 bridgehead atoms. The molecule has 1 fully saturated rings. The van der Waals surface area contributed by atoms with Crippen molar-refractivity contribution >= 4 is 11.4 Å². The normalized spacial score (nSPS) is 22.0. The highest BCUT2D eigenvalue weighted by atomic mass is 16.6. The molecule has 0 saturated heterocycles. The molecule has 0 aliphatic heterocycles. The van der Waals surface area contributed by atoms with Gasteiger partial charge in [0.05, 0.1) is 4.92 Å². The summed E-state index contributed by atoms with van der Waals surface area (Å²) in [7, 11) is 0. The Morgan fingerprint density at radius 2 is 2.10 bits per heavy atom. The predicted octanol–water partition coefficient (Wildman–Crippen LogP) is 3.25. The van der Waals surface area contributed by atoms with E-state index in [0.29, 0.717) is 18.5 Å². The maximum absolute atomic E-state index is 10.9. The van der Waals surface area contributed by atoms with Gasteiger partial charge >= 0.3 is 0 Å². The largest absolute Gasteiger partial charge is 0.368 e. The minimum atomic E-state index is -0.321. The summed E-state index contributed by atoms with van der Waals surface area (Å²) >= 11 is 0. The van der Waals surface area contributed by atoms with Gasteiger partial charge in [-0.2, -0.15) is 0 Å². The number of nitrogens with two attached hydrogens (primary N) is 1. The number of hydrogen-bond acceptors (Lipinski definition) is 4. The van der Waals surface area contributed by atoms with Crippen molar-refractivity contribution in [3.05, 3.63) is 33.9 Å². The Balaban J connectivity index is 2.28. The Morgan fingerprint density at radius 3 is 2.67 bits per heavy atom. The summed E-state index contributed by atoms with van der Waals surface area (Å²) in [6.45, 7) is 5.56. The zero-order chi connectivity index (χ0) is 15.4. The van der Waals surface area contributed by atoms with Crippen molar-refractivity contribution in [2.75, 3.05) is 18.0 Å². The number of aryl methyl sites for hydroxylation is 1. The lowest BCUT2D eigenvalue weighted by atomic mass is 9.83. The molecule has 0 spiro atoms. The quantitative estimate of drug-likeness (QED) is 0.667. The van der Waals surface area contributed by atoms with Crippen molar-refractivity contribution in [1.29, 1.82) is 0 Å². The van der Waals surface area contributed by atoms with E-state index in [1.54, 1.807) is 13.0 Å². The van der Waals surface area contributed by atoms with Crippen molar-refractivity contribution in [2.24, 2.45) is 11.7 Å². The fraction of sp³-hybridized carbons (Fsp3) is 0.625. The van der Waals surface area contributed by atoms with E-state index < -0.39 is 0 Å². The van der Waals surface area contributed by atoms with Gasteiger partial charge in [-0.25, -0.2) is 0 Å². The highest BCUT2D eigenvalue weighted by molar-refractivity contribution is 5.56. The zero-order valence-electron chi connectivity index (χ0n) is 12.9. The van der Waals surface area contributed by atoms with Crippen LogP contribution in [0.5, 0.6) is 0 Å². The molecule has 5 nitrogen and oxygen atoms in total.